The number of fused-ring (bicyclic) bond motifs is 1. The first-order valence-electron chi connectivity index (χ1n) is 9.26. The van der Waals surface area contributed by atoms with Crippen molar-refractivity contribution in [2.45, 2.75) is 61.6 Å². The van der Waals surface area contributed by atoms with Crippen molar-refractivity contribution in [3.8, 4) is 0 Å². The predicted octanol–water partition coefficient (Wildman–Crippen LogP) is 3.16. The van der Waals surface area contributed by atoms with Gasteiger partial charge in [0, 0.05) is 29.6 Å². The van der Waals surface area contributed by atoms with Crippen molar-refractivity contribution in [2.75, 3.05) is 18.4 Å². The number of hydrogen-bond acceptors (Lipinski definition) is 4. The molecule has 3 N–H and O–H groups in total. The Kier molecular flexibility index (Phi) is 6.37. The second-order valence-electron chi connectivity index (χ2n) is 6.86. The largest absolute Gasteiger partial charge is 0.351 e. The quantitative estimate of drug-likeness (QED) is 0.556. The summed E-state index contributed by atoms with van der Waals surface area (Å²) in [6, 6.07) is 6.09. The standard InChI is InChI=1S/C19H27N3O2S/c1-13-18(23)22-16-12-14(8-9-17(16)25-13)19(24)21-11-10-20-15-6-4-2-3-5-7-15/h8-9,12-13,15,20H,2-7,10-11H2,1H3,(H,21,24)(H,22,23). The predicted molar refractivity (Wildman–Crippen MR) is 102 cm³/mol. The van der Waals surface area contributed by atoms with Crippen molar-refractivity contribution in [3.05, 3.63) is 23.8 Å². The first-order chi connectivity index (χ1) is 12.1. The van der Waals surface area contributed by atoms with Gasteiger partial charge in [-0.25, -0.2) is 0 Å². The van der Waals surface area contributed by atoms with Gasteiger partial charge in [-0.2, -0.15) is 0 Å². The molecule has 0 radical (unpaired) electrons. The van der Waals surface area contributed by atoms with E-state index in [1.54, 1.807) is 6.07 Å². The minimum atomic E-state index is -0.0951. The monoisotopic (exact) mass is 361 g/mol. The van der Waals surface area contributed by atoms with E-state index in [0.717, 1.165) is 17.1 Å². The lowest BCUT2D eigenvalue weighted by Crippen LogP contribution is -2.37. The number of benzene rings is 1. The van der Waals surface area contributed by atoms with Gasteiger partial charge in [-0.05, 0) is 38.0 Å². The van der Waals surface area contributed by atoms with E-state index in [1.165, 1.54) is 50.3 Å². The molecule has 6 heteroatoms. The Hall–Kier alpha value is -1.53. The second-order valence-corrected chi connectivity index (χ2v) is 8.24. The highest BCUT2D eigenvalue weighted by Gasteiger charge is 2.23. The molecule has 0 saturated heterocycles. The number of thioether (sulfide) groups is 1. The Morgan fingerprint density at radius 3 is 2.72 bits per heavy atom. The molecule has 1 aromatic carbocycles. The summed E-state index contributed by atoms with van der Waals surface area (Å²) in [5.41, 5.74) is 1.32. The van der Waals surface area contributed by atoms with Crippen molar-refractivity contribution in [1.29, 1.82) is 0 Å². The van der Waals surface area contributed by atoms with E-state index < -0.39 is 0 Å². The summed E-state index contributed by atoms with van der Waals surface area (Å²) in [4.78, 5) is 25.1. The molecular formula is C19H27N3O2S. The fraction of sp³-hybridized carbons (Fsp3) is 0.579. The van der Waals surface area contributed by atoms with E-state index in [0.29, 0.717) is 18.2 Å². The topological polar surface area (TPSA) is 70.2 Å². The Morgan fingerprint density at radius 2 is 1.96 bits per heavy atom. The highest BCUT2D eigenvalue weighted by molar-refractivity contribution is 8.00. The fourth-order valence-electron chi connectivity index (χ4n) is 3.39. The fourth-order valence-corrected chi connectivity index (χ4v) is 4.32. The number of nitrogens with one attached hydrogen (secondary N) is 3. The summed E-state index contributed by atoms with van der Waals surface area (Å²) < 4.78 is 0. The van der Waals surface area contributed by atoms with Gasteiger partial charge in [-0.15, -0.1) is 11.8 Å². The van der Waals surface area contributed by atoms with Crippen LogP contribution >= 0.6 is 11.8 Å². The van der Waals surface area contributed by atoms with Crippen LogP contribution < -0.4 is 16.0 Å². The molecule has 2 amide bonds. The molecule has 1 atom stereocenters. The number of hydrogen-bond donors (Lipinski definition) is 3. The number of anilines is 1. The third-order valence-corrected chi connectivity index (χ3v) is 6.05. The third-order valence-electron chi connectivity index (χ3n) is 4.87. The normalized spacial score (nSPS) is 21.2. The van der Waals surface area contributed by atoms with Crippen LogP contribution in [0.1, 0.15) is 55.8 Å². The molecule has 1 unspecified atom stereocenters. The smallest absolute Gasteiger partial charge is 0.251 e. The molecule has 1 heterocycles. The maximum atomic E-state index is 12.3. The SMILES string of the molecule is CC1Sc2ccc(C(=O)NCCNC3CCCCCC3)cc2NC1=O. The summed E-state index contributed by atoms with van der Waals surface area (Å²) >= 11 is 1.53. The number of amides is 2. The lowest BCUT2D eigenvalue weighted by Gasteiger charge is -2.21. The number of carbonyl (C=O) groups excluding carboxylic acids is 2. The summed E-state index contributed by atoms with van der Waals surface area (Å²) in [6.45, 7) is 3.29. The maximum absolute atomic E-state index is 12.3. The van der Waals surface area contributed by atoms with E-state index in [1.807, 2.05) is 19.1 Å². The van der Waals surface area contributed by atoms with Gasteiger partial charge < -0.3 is 16.0 Å². The van der Waals surface area contributed by atoms with E-state index in [9.17, 15) is 9.59 Å². The van der Waals surface area contributed by atoms with Crippen LogP contribution in [0.2, 0.25) is 0 Å². The first kappa shape index (κ1) is 18.3. The molecule has 1 aliphatic heterocycles. The van der Waals surface area contributed by atoms with E-state index in [4.69, 9.17) is 0 Å². The van der Waals surface area contributed by atoms with Crippen LogP contribution in [0.5, 0.6) is 0 Å². The van der Waals surface area contributed by atoms with Crippen molar-refractivity contribution < 1.29 is 9.59 Å². The van der Waals surface area contributed by atoms with Gasteiger partial charge in [0.15, 0.2) is 0 Å². The molecule has 1 aromatic rings. The van der Waals surface area contributed by atoms with Gasteiger partial charge in [-0.3, -0.25) is 9.59 Å². The summed E-state index contributed by atoms with van der Waals surface area (Å²) in [6.07, 6.45) is 7.80. The Labute approximate surface area is 153 Å². The second kappa shape index (κ2) is 8.72. The molecule has 136 valence electrons. The van der Waals surface area contributed by atoms with Gasteiger partial charge in [0.05, 0.1) is 10.9 Å². The molecule has 3 rings (SSSR count). The van der Waals surface area contributed by atoms with E-state index >= 15 is 0 Å². The summed E-state index contributed by atoms with van der Waals surface area (Å²) in [5.74, 6) is -0.106. The van der Waals surface area contributed by atoms with Crippen LogP contribution in [0.15, 0.2) is 23.1 Å². The van der Waals surface area contributed by atoms with Crippen LogP contribution in [0.3, 0.4) is 0 Å². The van der Waals surface area contributed by atoms with Crippen molar-refractivity contribution in [2.24, 2.45) is 0 Å². The molecule has 0 bridgehead atoms. The van der Waals surface area contributed by atoms with Crippen molar-refractivity contribution in [1.82, 2.24) is 10.6 Å². The molecule has 1 saturated carbocycles. The molecule has 1 aliphatic carbocycles. The summed E-state index contributed by atoms with van der Waals surface area (Å²) in [5, 5.41) is 9.29. The van der Waals surface area contributed by atoms with Crippen LogP contribution in [0.4, 0.5) is 5.69 Å². The Morgan fingerprint density at radius 1 is 1.20 bits per heavy atom. The Balaban J connectivity index is 1.47. The average Bonchev–Trinajstić information content (AvgIpc) is 2.88. The molecule has 0 spiro atoms. The van der Waals surface area contributed by atoms with Crippen molar-refractivity contribution in [3.63, 3.8) is 0 Å². The highest BCUT2D eigenvalue weighted by Crippen LogP contribution is 2.35. The number of carbonyl (C=O) groups is 2. The zero-order chi connectivity index (χ0) is 17.6. The average molecular weight is 362 g/mol. The Bertz CT molecular complexity index is 627. The first-order valence-corrected chi connectivity index (χ1v) is 10.1. The van der Waals surface area contributed by atoms with Crippen LogP contribution in [-0.2, 0) is 4.79 Å². The van der Waals surface area contributed by atoms with Crippen LogP contribution in [0.25, 0.3) is 0 Å². The summed E-state index contributed by atoms with van der Waals surface area (Å²) in [7, 11) is 0. The van der Waals surface area contributed by atoms with Crippen LogP contribution in [0, 0.1) is 0 Å². The minimum absolute atomic E-state index is 0.0114. The van der Waals surface area contributed by atoms with Gasteiger partial charge in [0.25, 0.3) is 5.91 Å². The number of rotatable bonds is 5. The zero-order valence-corrected chi connectivity index (χ0v) is 15.6. The van der Waals surface area contributed by atoms with Gasteiger partial charge in [0.1, 0.15) is 0 Å². The van der Waals surface area contributed by atoms with E-state index in [2.05, 4.69) is 16.0 Å². The lowest BCUT2D eigenvalue weighted by atomic mass is 10.1. The van der Waals surface area contributed by atoms with Crippen LogP contribution in [-0.4, -0.2) is 36.2 Å². The third kappa shape index (κ3) is 4.98. The lowest BCUT2D eigenvalue weighted by molar-refractivity contribution is -0.115. The zero-order valence-electron chi connectivity index (χ0n) is 14.8. The van der Waals surface area contributed by atoms with Gasteiger partial charge in [0.2, 0.25) is 5.91 Å². The maximum Gasteiger partial charge on any atom is 0.251 e. The van der Waals surface area contributed by atoms with E-state index in [-0.39, 0.29) is 17.1 Å². The molecule has 1 fully saturated rings. The van der Waals surface area contributed by atoms with Gasteiger partial charge in [-0.1, -0.05) is 25.7 Å². The molecule has 25 heavy (non-hydrogen) atoms. The van der Waals surface area contributed by atoms with Crippen molar-refractivity contribution >= 4 is 29.3 Å². The molecule has 2 aliphatic rings. The molecular weight excluding hydrogens is 334 g/mol. The molecule has 5 nitrogen and oxygen atoms in total. The van der Waals surface area contributed by atoms with Gasteiger partial charge >= 0.3 is 0 Å². The highest BCUT2D eigenvalue weighted by atomic mass is 32.2. The minimum Gasteiger partial charge on any atom is -0.351 e. The molecule has 0 aromatic heterocycles.